The van der Waals surface area contributed by atoms with Gasteiger partial charge in [-0.15, -0.1) is 0 Å². The van der Waals surface area contributed by atoms with E-state index in [0.29, 0.717) is 0 Å². The highest BCUT2D eigenvalue weighted by Crippen LogP contribution is 2.43. The fraction of sp³-hybridized carbons (Fsp3) is 0.0286. The molecule has 7 aromatic rings. The van der Waals surface area contributed by atoms with Gasteiger partial charge in [0.1, 0.15) is 11.3 Å². The van der Waals surface area contributed by atoms with Gasteiger partial charge in [-0.3, -0.25) is 0 Å². The van der Waals surface area contributed by atoms with Gasteiger partial charge in [-0.2, -0.15) is 0 Å². The predicted octanol–water partition coefficient (Wildman–Crippen LogP) is 10.2. The van der Waals surface area contributed by atoms with Crippen molar-refractivity contribution in [3.8, 4) is 11.3 Å². The van der Waals surface area contributed by atoms with Gasteiger partial charge in [0.25, 0.3) is 0 Å². The zero-order valence-electron chi connectivity index (χ0n) is 20.6. The maximum atomic E-state index is 6.34. The minimum absolute atomic E-state index is 0.916. The molecular weight excluding hydrogens is 450 g/mol. The van der Waals surface area contributed by atoms with Crippen LogP contribution in [0.5, 0.6) is 0 Å². The smallest absolute Gasteiger partial charge is 0.138 e. The number of nitrogens with zero attached hydrogens (tertiary/aromatic N) is 1. The first-order valence-electron chi connectivity index (χ1n) is 12.6. The first-order valence-corrected chi connectivity index (χ1v) is 12.6. The summed E-state index contributed by atoms with van der Waals surface area (Å²) < 4.78 is 6.34. The van der Waals surface area contributed by atoms with Crippen LogP contribution in [0.15, 0.2) is 138 Å². The van der Waals surface area contributed by atoms with Crippen molar-refractivity contribution >= 4 is 49.6 Å². The maximum Gasteiger partial charge on any atom is 0.138 e. The van der Waals surface area contributed by atoms with Crippen LogP contribution in [0.3, 0.4) is 0 Å². The van der Waals surface area contributed by atoms with Gasteiger partial charge in [0, 0.05) is 33.3 Å². The predicted molar refractivity (Wildman–Crippen MR) is 156 cm³/mol. The van der Waals surface area contributed by atoms with Crippen LogP contribution in [0.25, 0.3) is 43.8 Å². The van der Waals surface area contributed by atoms with Crippen molar-refractivity contribution in [3.63, 3.8) is 0 Å². The summed E-state index contributed by atoms with van der Waals surface area (Å²) in [4.78, 5) is 2.36. The molecule has 0 aliphatic rings. The molecule has 0 saturated carbocycles. The maximum absolute atomic E-state index is 6.34. The van der Waals surface area contributed by atoms with Crippen molar-refractivity contribution in [2.75, 3.05) is 4.90 Å². The number of hydrogen-bond acceptors (Lipinski definition) is 2. The highest BCUT2D eigenvalue weighted by atomic mass is 16.3. The fourth-order valence-electron chi connectivity index (χ4n) is 5.46. The molecule has 176 valence electrons. The van der Waals surface area contributed by atoms with E-state index in [1.54, 1.807) is 0 Å². The van der Waals surface area contributed by atoms with Crippen LogP contribution in [0.1, 0.15) is 5.56 Å². The minimum atomic E-state index is 0.916. The summed E-state index contributed by atoms with van der Waals surface area (Å²) in [5.74, 6) is 0.916. The average molecular weight is 476 g/mol. The number of benzene rings is 6. The van der Waals surface area contributed by atoms with Crippen molar-refractivity contribution in [1.82, 2.24) is 0 Å². The Morgan fingerprint density at radius 2 is 1.16 bits per heavy atom. The Kier molecular flexibility index (Phi) is 5.04. The summed E-state index contributed by atoms with van der Waals surface area (Å²) >= 11 is 0. The van der Waals surface area contributed by atoms with E-state index in [1.807, 2.05) is 12.1 Å². The molecule has 0 fully saturated rings. The van der Waals surface area contributed by atoms with Gasteiger partial charge in [0.05, 0.1) is 5.69 Å². The van der Waals surface area contributed by atoms with Crippen LogP contribution in [-0.2, 0) is 0 Å². The molecular formula is C35H25NO. The molecule has 0 aliphatic heterocycles. The number of hydrogen-bond donors (Lipinski definition) is 0. The summed E-state index contributed by atoms with van der Waals surface area (Å²) in [5, 5.41) is 6.11. The molecule has 0 atom stereocenters. The van der Waals surface area contributed by atoms with E-state index in [1.165, 1.54) is 21.5 Å². The first-order chi connectivity index (χ1) is 18.3. The van der Waals surface area contributed by atoms with Crippen molar-refractivity contribution in [2.24, 2.45) is 0 Å². The molecule has 0 bridgehead atoms. The lowest BCUT2D eigenvalue weighted by Gasteiger charge is -2.28. The first kappa shape index (κ1) is 21.5. The van der Waals surface area contributed by atoms with Crippen LogP contribution in [0, 0.1) is 6.92 Å². The Hall–Kier alpha value is -4.82. The molecule has 0 spiro atoms. The molecule has 0 aliphatic carbocycles. The molecule has 0 radical (unpaired) electrons. The normalized spacial score (nSPS) is 11.4. The SMILES string of the molecule is Cc1c(-c2cccc(N(c3ccccc3)c3cc4ccccc4c4ccccc34)c2)oc2ccccc12. The van der Waals surface area contributed by atoms with Gasteiger partial charge in [-0.05, 0) is 59.5 Å². The van der Waals surface area contributed by atoms with Crippen molar-refractivity contribution in [3.05, 3.63) is 139 Å². The Bertz CT molecular complexity index is 1900. The number of para-hydroxylation sites is 2. The summed E-state index contributed by atoms with van der Waals surface area (Å²) in [5.41, 5.74) is 6.50. The van der Waals surface area contributed by atoms with Gasteiger partial charge in [0.15, 0.2) is 0 Å². The molecule has 2 heteroatoms. The number of anilines is 3. The third-order valence-electron chi connectivity index (χ3n) is 7.21. The number of rotatable bonds is 4. The second-order valence-corrected chi connectivity index (χ2v) is 9.44. The van der Waals surface area contributed by atoms with Crippen LogP contribution >= 0.6 is 0 Å². The summed E-state index contributed by atoms with van der Waals surface area (Å²) in [6, 6.07) is 47.1. The molecule has 7 rings (SSSR count). The van der Waals surface area contributed by atoms with Crippen molar-refractivity contribution in [2.45, 2.75) is 6.92 Å². The largest absolute Gasteiger partial charge is 0.456 e. The third kappa shape index (κ3) is 3.57. The Morgan fingerprint density at radius 3 is 1.97 bits per heavy atom. The monoisotopic (exact) mass is 475 g/mol. The van der Waals surface area contributed by atoms with E-state index in [2.05, 4.69) is 133 Å². The zero-order valence-corrected chi connectivity index (χ0v) is 20.6. The number of fused-ring (bicyclic) bond motifs is 4. The zero-order chi connectivity index (χ0) is 24.8. The topological polar surface area (TPSA) is 16.4 Å². The summed E-state index contributed by atoms with van der Waals surface area (Å²) in [6.07, 6.45) is 0. The molecule has 37 heavy (non-hydrogen) atoms. The van der Waals surface area contributed by atoms with E-state index >= 15 is 0 Å². The van der Waals surface area contributed by atoms with Crippen molar-refractivity contribution < 1.29 is 4.42 Å². The molecule has 0 N–H and O–H groups in total. The van der Waals surface area contributed by atoms with Gasteiger partial charge in [-0.1, -0.05) is 97.1 Å². The van der Waals surface area contributed by atoms with E-state index in [-0.39, 0.29) is 0 Å². The molecule has 0 saturated heterocycles. The highest BCUT2D eigenvalue weighted by molar-refractivity contribution is 6.14. The highest BCUT2D eigenvalue weighted by Gasteiger charge is 2.19. The Labute approximate surface area is 216 Å². The van der Waals surface area contributed by atoms with E-state index in [4.69, 9.17) is 4.42 Å². The Balaban J connectivity index is 1.49. The number of aryl methyl sites for hydroxylation is 1. The molecule has 0 amide bonds. The molecule has 0 unspecified atom stereocenters. The van der Waals surface area contributed by atoms with Crippen LogP contribution < -0.4 is 4.90 Å². The molecule has 1 aromatic heterocycles. The lowest BCUT2D eigenvalue weighted by molar-refractivity contribution is 0.629. The summed E-state index contributed by atoms with van der Waals surface area (Å²) in [7, 11) is 0. The molecule has 2 nitrogen and oxygen atoms in total. The van der Waals surface area contributed by atoms with E-state index < -0.39 is 0 Å². The molecule has 6 aromatic carbocycles. The molecule has 1 heterocycles. The third-order valence-corrected chi connectivity index (χ3v) is 7.21. The van der Waals surface area contributed by atoms with Crippen molar-refractivity contribution in [1.29, 1.82) is 0 Å². The minimum Gasteiger partial charge on any atom is -0.456 e. The number of furan rings is 1. The van der Waals surface area contributed by atoms with Crippen LogP contribution in [-0.4, -0.2) is 0 Å². The van der Waals surface area contributed by atoms with Gasteiger partial charge in [0.2, 0.25) is 0 Å². The van der Waals surface area contributed by atoms with Gasteiger partial charge < -0.3 is 9.32 Å². The standard InChI is InChI=1S/C35H25NO/c1-24-29-17-9-10-21-34(29)37-35(24)26-13-11-16-28(22-26)36(27-14-3-2-4-15-27)33-23-25-12-5-6-18-30(25)31-19-7-8-20-32(31)33/h2-23H,1H3. The second-order valence-electron chi connectivity index (χ2n) is 9.44. The van der Waals surface area contributed by atoms with Gasteiger partial charge >= 0.3 is 0 Å². The second kappa shape index (κ2) is 8.69. The quantitative estimate of drug-likeness (QED) is 0.235. The summed E-state index contributed by atoms with van der Waals surface area (Å²) in [6.45, 7) is 2.14. The average Bonchev–Trinajstić information content (AvgIpc) is 3.30. The van der Waals surface area contributed by atoms with Gasteiger partial charge in [-0.25, -0.2) is 0 Å². The van der Waals surface area contributed by atoms with E-state index in [9.17, 15) is 0 Å². The fourth-order valence-corrected chi connectivity index (χ4v) is 5.46. The van der Waals surface area contributed by atoms with Crippen LogP contribution in [0.4, 0.5) is 17.1 Å². The lowest BCUT2D eigenvalue weighted by atomic mass is 9.98. The Morgan fingerprint density at radius 1 is 0.514 bits per heavy atom. The lowest BCUT2D eigenvalue weighted by Crippen LogP contribution is -2.10. The van der Waals surface area contributed by atoms with Crippen LogP contribution in [0.2, 0.25) is 0 Å². The van der Waals surface area contributed by atoms with E-state index in [0.717, 1.165) is 44.9 Å².